The van der Waals surface area contributed by atoms with Crippen LogP contribution >= 0.6 is 0 Å². The molecule has 0 saturated carbocycles. The molecule has 0 aliphatic heterocycles. The molecule has 1 aromatic carbocycles. The van der Waals surface area contributed by atoms with Crippen LogP contribution in [0.3, 0.4) is 0 Å². The maximum atomic E-state index is 12.1. The van der Waals surface area contributed by atoms with E-state index in [2.05, 4.69) is 29.5 Å². The van der Waals surface area contributed by atoms with E-state index in [-0.39, 0.29) is 5.91 Å². The van der Waals surface area contributed by atoms with E-state index in [0.717, 1.165) is 19.3 Å². The second-order valence-electron chi connectivity index (χ2n) is 7.44. The zero-order valence-electron chi connectivity index (χ0n) is 18.3. The van der Waals surface area contributed by atoms with E-state index in [4.69, 9.17) is 0 Å². The van der Waals surface area contributed by atoms with Crippen molar-refractivity contribution in [3.05, 3.63) is 42.5 Å². The van der Waals surface area contributed by atoms with E-state index in [9.17, 15) is 14.4 Å². The smallest absolute Gasteiger partial charge is 0.313 e. The van der Waals surface area contributed by atoms with Gasteiger partial charge in [0, 0.05) is 13.1 Å². The van der Waals surface area contributed by atoms with Crippen molar-refractivity contribution in [2.75, 3.05) is 18.4 Å². The lowest BCUT2D eigenvalue weighted by molar-refractivity contribution is -0.136. The van der Waals surface area contributed by atoms with Crippen LogP contribution in [0.1, 0.15) is 81.5 Å². The first-order chi connectivity index (χ1) is 14.6. The molecule has 3 amide bonds. The van der Waals surface area contributed by atoms with Crippen LogP contribution in [0.5, 0.6) is 0 Å². The molecule has 6 nitrogen and oxygen atoms in total. The fraction of sp³-hybridized carbons (Fsp3) is 0.542. The average molecular weight is 416 g/mol. The number of para-hydroxylation sites is 1. The van der Waals surface area contributed by atoms with Crippen LogP contribution < -0.4 is 16.0 Å². The number of carbonyl (C=O) groups is 3. The van der Waals surface area contributed by atoms with Gasteiger partial charge in [0.05, 0.1) is 11.3 Å². The quantitative estimate of drug-likeness (QED) is 0.223. The summed E-state index contributed by atoms with van der Waals surface area (Å²) in [6.45, 7) is 6.58. The molecule has 0 atom stereocenters. The van der Waals surface area contributed by atoms with Crippen molar-refractivity contribution < 1.29 is 14.4 Å². The zero-order valence-corrected chi connectivity index (χ0v) is 18.3. The maximum Gasteiger partial charge on any atom is 0.313 e. The summed E-state index contributed by atoms with van der Waals surface area (Å²) in [6, 6.07) is 6.58. The van der Waals surface area contributed by atoms with Crippen molar-refractivity contribution in [1.82, 2.24) is 10.6 Å². The first-order valence-corrected chi connectivity index (χ1v) is 11.2. The van der Waals surface area contributed by atoms with Gasteiger partial charge in [0.15, 0.2) is 0 Å². The number of carbonyl (C=O) groups excluding carboxylic acids is 3. The molecule has 0 aliphatic rings. The van der Waals surface area contributed by atoms with Crippen LogP contribution in [0.2, 0.25) is 0 Å². The second kappa shape index (κ2) is 16.2. The highest BCUT2D eigenvalue weighted by Gasteiger charge is 2.17. The van der Waals surface area contributed by atoms with Crippen LogP contribution in [0.15, 0.2) is 36.9 Å². The summed E-state index contributed by atoms with van der Waals surface area (Å²) < 4.78 is 0. The Kier molecular flexibility index (Phi) is 13.7. The molecule has 0 fully saturated rings. The van der Waals surface area contributed by atoms with Crippen LogP contribution in [0, 0.1) is 0 Å². The third-order valence-corrected chi connectivity index (χ3v) is 4.85. The van der Waals surface area contributed by atoms with Crippen molar-refractivity contribution in [2.24, 2.45) is 0 Å². The standard InChI is InChI=1S/C24H37N3O3/c1-3-5-6-7-8-9-10-11-12-15-19-26-23(29)24(30)27-21-17-14-13-16-20(21)22(28)25-18-4-2/h4,13-14,16-17H,2-3,5-12,15,18-19H2,1H3,(H,25,28)(H,26,29)(H,27,30). The number of anilines is 1. The maximum absolute atomic E-state index is 12.1. The fourth-order valence-electron chi connectivity index (χ4n) is 3.12. The van der Waals surface area contributed by atoms with Crippen molar-refractivity contribution >= 4 is 23.4 Å². The SMILES string of the molecule is C=CCNC(=O)c1ccccc1NC(=O)C(=O)NCCCCCCCCCCCC. The Morgan fingerprint density at radius 2 is 1.43 bits per heavy atom. The number of hydrogen-bond donors (Lipinski definition) is 3. The molecule has 0 aliphatic carbocycles. The highest BCUT2D eigenvalue weighted by molar-refractivity contribution is 6.40. The number of hydrogen-bond acceptors (Lipinski definition) is 3. The highest BCUT2D eigenvalue weighted by Crippen LogP contribution is 2.15. The minimum absolute atomic E-state index is 0.301. The van der Waals surface area contributed by atoms with Gasteiger partial charge < -0.3 is 16.0 Å². The Labute approximate surface area is 180 Å². The van der Waals surface area contributed by atoms with Gasteiger partial charge >= 0.3 is 11.8 Å². The molecule has 1 aromatic rings. The van der Waals surface area contributed by atoms with E-state index in [1.165, 1.54) is 44.9 Å². The first-order valence-electron chi connectivity index (χ1n) is 11.2. The second-order valence-corrected chi connectivity index (χ2v) is 7.44. The van der Waals surface area contributed by atoms with Crippen LogP contribution in [-0.2, 0) is 9.59 Å². The summed E-state index contributed by atoms with van der Waals surface area (Å²) in [7, 11) is 0. The third-order valence-electron chi connectivity index (χ3n) is 4.85. The van der Waals surface area contributed by atoms with Gasteiger partial charge in [-0.25, -0.2) is 0 Å². The van der Waals surface area contributed by atoms with Crippen LogP contribution in [0.4, 0.5) is 5.69 Å². The highest BCUT2D eigenvalue weighted by atomic mass is 16.2. The first kappa shape index (κ1) is 25.4. The number of amides is 3. The molecule has 0 radical (unpaired) electrons. The molecule has 0 spiro atoms. The Bertz CT molecular complexity index is 673. The van der Waals surface area contributed by atoms with E-state index >= 15 is 0 Å². The molecule has 30 heavy (non-hydrogen) atoms. The number of unbranched alkanes of at least 4 members (excludes halogenated alkanes) is 9. The molecular weight excluding hydrogens is 378 g/mol. The third kappa shape index (κ3) is 10.8. The molecule has 3 N–H and O–H groups in total. The lowest BCUT2D eigenvalue weighted by atomic mass is 10.1. The Morgan fingerprint density at radius 1 is 0.833 bits per heavy atom. The van der Waals surface area contributed by atoms with Gasteiger partial charge in [-0.1, -0.05) is 82.9 Å². The predicted octanol–water partition coefficient (Wildman–Crippen LogP) is 4.58. The van der Waals surface area contributed by atoms with E-state index in [1.54, 1.807) is 30.3 Å². The van der Waals surface area contributed by atoms with Gasteiger partial charge in [0.25, 0.3) is 5.91 Å². The largest absolute Gasteiger partial charge is 0.349 e. The van der Waals surface area contributed by atoms with Gasteiger partial charge in [-0.05, 0) is 18.6 Å². The summed E-state index contributed by atoms with van der Waals surface area (Å²) >= 11 is 0. The number of nitrogens with one attached hydrogen (secondary N) is 3. The number of benzene rings is 1. The van der Waals surface area contributed by atoms with Crippen molar-refractivity contribution in [1.29, 1.82) is 0 Å². The summed E-state index contributed by atoms with van der Waals surface area (Å²) in [4.78, 5) is 36.3. The summed E-state index contributed by atoms with van der Waals surface area (Å²) in [5.41, 5.74) is 0.605. The molecular formula is C24H37N3O3. The summed E-state index contributed by atoms with van der Waals surface area (Å²) in [5.74, 6) is -1.80. The van der Waals surface area contributed by atoms with Crippen LogP contribution in [-0.4, -0.2) is 30.8 Å². The van der Waals surface area contributed by atoms with Gasteiger partial charge in [-0.2, -0.15) is 0 Å². The normalized spacial score (nSPS) is 10.3. The molecule has 0 bridgehead atoms. The van der Waals surface area contributed by atoms with Gasteiger partial charge in [0.1, 0.15) is 0 Å². The summed E-state index contributed by atoms with van der Waals surface area (Å²) in [5, 5.41) is 7.82. The molecule has 0 saturated heterocycles. The minimum Gasteiger partial charge on any atom is -0.349 e. The van der Waals surface area contributed by atoms with Crippen molar-refractivity contribution in [3.63, 3.8) is 0 Å². The molecule has 0 heterocycles. The molecule has 0 aromatic heterocycles. The lowest BCUT2D eigenvalue weighted by Crippen LogP contribution is -2.36. The average Bonchev–Trinajstić information content (AvgIpc) is 2.76. The van der Waals surface area contributed by atoms with Crippen LogP contribution in [0.25, 0.3) is 0 Å². The van der Waals surface area contributed by atoms with Crippen molar-refractivity contribution in [2.45, 2.75) is 71.1 Å². The minimum atomic E-state index is -0.772. The zero-order chi connectivity index (χ0) is 22.0. The van der Waals surface area contributed by atoms with Crippen molar-refractivity contribution in [3.8, 4) is 0 Å². The Morgan fingerprint density at radius 3 is 2.07 bits per heavy atom. The van der Waals surface area contributed by atoms with Gasteiger partial charge in [-0.15, -0.1) is 6.58 Å². The molecule has 0 unspecified atom stereocenters. The monoisotopic (exact) mass is 415 g/mol. The van der Waals surface area contributed by atoms with E-state index in [0.29, 0.717) is 24.3 Å². The van der Waals surface area contributed by atoms with Gasteiger partial charge in [-0.3, -0.25) is 14.4 Å². The number of rotatable bonds is 15. The fourth-order valence-corrected chi connectivity index (χ4v) is 3.12. The Balaban J connectivity index is 2.24. The molecule has 166 valence electrons. The predicted molar refractivity (Wildman–Crippen MR) is 122 cm³/mol. The molecule has 6 heteroatoms. The topological polar surface area (TPSA) is 87.3 Å². The Hall–Kier alpha value is -2.63. The summed E-state index contributed by atoms with van der Waals surface area (Å²) in [6.07, 6.45) is 13.7. The molecule has 1 rings (SSSR count). The van der Waals surface area contributed by atoms with E-state index in [1.807, 2.05) is 0 Å². The lowest BCUT2D eigenvalue weighted by Gasteiger charge is -2.11. The van der Waals surface area contributed by atoms with E-state index < -0.39 is 11.8 Å². The van der Waals surface area contributed by atoms with Gasteiger partial charge in [0.2, 0.25) is 0 Å².